The molecule has 0 atom stereocenters. The lowest BCUT2D eigenvalue weighted by Gasteiger charge is -2.22. The molecule has 1 saturated heterocycles. The third kappa shape index (κ3) is 2.95. The largest absolute Gasteiger partial charge is 0.368 e. The second kappa shape index (κ2) is 6.18. The Morgan fingerprint density at radius 3 is 2.67 bits per heavy atom. The van der Waals surface area contributed by atoms with Gasteiger partial charge < -0.3 is 14.8 Å². The van der Waals surface area contributed by atoms with Crippen LogP contribution in [0.5, 0.6) is 0 Å². The van der Waals surface area contributed by atoms with E-state index in [1.165, 1.54) is 0 Å². The maximum Gasteiger partial charge on any atom is 0.185 e. The van der Waals surface area contributed by atoms with E-state index in [9.17, 15) is 0 Å². The first kappa shape index (κ1) is 15.0. The molecule has 2 aromatic heterocycles. The summed E-state index contributed by atoms with van der Waals surface area (Å²) in [6.45, 7) is 3.98. The highest BCUT2D eigenvalue weighted by Gasteiger charge is 2.30. The number of rotatable bonds is 5. The molecule has 1 fully saturated rings. The molecule has 7 heteroatoms. The zero-order valence-electron chi connectivity index (χ0n) is 13.5. The van der Waals surface area contributed by atoms with E-state index in [0.717, 1.165) is 23.6 Å². The Morgan fingerprint density at radius 1 is 1.08 bits per heavy atom. The lowest BCUT2D eigenvalue weighted by Crippen LogP contribution is -2.28. The van der Waals surface area contributed by atoms with Crippen molar-refractivity contribution in [2.75, 3.05) is 25.1 Å². The van der Waals surface area contributed by atoms with Gasteiger partial charge in [0.05, 0.1) is 13.2 Å². The molecule has 0 spiro atoms. The van der Waals surface area contributed by atoms with Gasteiger partial charge in [-0.15, -0.1) is 15.3 Å². The molecule has 7 nitrogen and oxygen atoms in total. The van der Waals surface area contributed by atoms with Gasteiger partial charge in [0.1, 0.15) is 5.82 Å². The quantitative estimate of drug-likeness (QED) is 0.776. The minimum absolute atomic E-state index is 0.497. The number of hydrogen-bond acceptors (Lipinski definition) is 6. The Kier molecular flexibility index (Phi) is 3.87. The first-order chi connectivity index (χ1) is 11.7. The topological polar surface area (TPSA) is 73.6 Å². The van der Waals surface area contributed by atoms with Gasteiger partial charge in [-0.25, -0.2) is 0 Å². The summed E-state index contributed by atoms with van der Waals surface area (Å²) in [6.07, 6.45) is 0.750. The van der Waals surface area contributed by atoms with Gasteiger partial charge in [-0.05, 0) is 19.1 Å². The fourth-order valence-corrected chi connectivity index (χ4v) is 2.77. The molecule has 0 radical (unpaired) electrons. The zero-order valence-corrected chi connectivity index (χ0v) is 13.5. The average Bonchev–Trinajstić information content (AvgIpc) is 3.22. The van der Waals surface area contributed by atoms with Gasteiger partial charge in [-0.1, -0.05) is 30.3 Å². The molecule has 0 bridgehead atoms. The number of anilines is 1. The van der Waals surface area contributed by atoms with Crippen LogP contribution in [0, 0.1) is 0 Å². The first-order valence-corrected chi connectivity index (χ1v) is 8.03. The third-order valence-corrected chi connectivity index (χ3v) is 4.08. The Labute approximate surface area is 139 Å². The van der Waals surface area contributed by atoms with Gasteiger partial charge in [0, 0.05) is 18.5 Å². The normalized spacial score (nSPS) is 16.5. The van der Waals surface area contributed by atoms with Gasteiger partial charge in [0.25, 0.3) is 0 Å². The smallest absolute Gasteiger partial charge is 0.185 e. The van der Waals surface area contributed by atoms with Crippen LogP contribution in [0.4, 0.5) is 5.82 Å². The standard InChI is InChI=1S/C17H19N5O2/c1-17(23-11-12-24-17)9-10-18-14-7-8-15-19-20-16(22(15)21-14)13-5-3-2-4-6-13/h2-8H,9-12H2,1H3,(H,18,21). The van der Waals surface area contributed by atoms with E-state index in [0.29, 0.717) is 25.4 Å². The van der Waals surface area contributed by atoms with E-state index >= 15 is 0 Å². The minimum Gasteiger partial charge on any atom is -0.368 e. The van der Waals surface area contributed by atoms with E-state index in [-0.39, 0.29) is 0 Å². The molecule has 0 saturated carbocycles. The summed E-state index contributed by atoms with van der Waals surface area (Å²) in [6, 6.07) is 13.7. The molecule has 1 N–H and O–H groups in total. The Bertz CT molecular complexity index is 827. The van der Waals surface area contributed by atoms with Crippen molar-refractivity contribution in [3.63, 3.8) is 0 Å². The van der Waals surface area contributed by atoms with Crippen molar-refractivity contribution in [3.8, 4) is 11.4 Å². The van der Waals surface area contributed by atoms with Crippen LogP contribution in [0.1, 0.15) is 13.3 Å². The Morgan fingerprint density at radius 2 is 1.88 bits per heavy atom. The van der Waals surface area contributed by atoms with Gasteiger partial charge in [0.15, 0.2) is 17.3 Å². The van der Waals surface area contributed by atoms with E-state index in [4.69, 9.17) is 9.47 Å². The van der Waals surface area contributed by atoms with Gasteiger partial charge in [-0.2, -0.15) is 4.52 Å². The van der Waals surface area contributed by atoms with Crippen molar-refractivity contribution in [3.05, 3.63) is 42.5 Å². The number of hydrogen-bond donors (Lipinski definition) is 1. The van der Waals surface area contributed by atoms with Crippen LogP contribution >= 0.6 is 0 Å². The summed E-state index contributed by atoms with van der Waals surface area (Å²) >= 11 is 0. The van der Waals surface area contributed by atoms with Crippen LogP contribution < -0.4 is 5.32 Å². The molecule has 3 aromatic rings. The molecular weight excluding hydrogens is 306 g/mol. The SMILES string of the molecule is CC1(CCNc2ccc3nnc(-c4ccccc4)n3n2)OCCO1. The molecule has 3 heterocycles. The van der Waals surface area contributed by atoms with Crippen LogP contribution in [-0.2, 0) is 9.47 Å². The fourth-order valence-electron chi connectivity index (χ4n) is 2.77. The highest BCUT2D eigenvalue weighted by atomic mass is 16.7. The molecule has 0 aliphatic carbocycles. The predicted octanol–water partition coefficient (Wildman–Crippen LogP) is 2.36. The average molecular weight is 325 g/mol. The number of benzene rings is 1. The summed E-state index contributed by atoms with van der Waals surface area (Å²) in [5.41, 5.74) is 1.70. The molecule has 1 aliphatic rings. The van der Waals surface area contributed by atoms with Crippen molar-refractivity contribution in [1.29, 1.82) is 0 Å². The van der Waals surface area contributed by atoms with E-state index in [2.05, 4.69) is 20.6 Å². The second-order valence-electron chi connectivity index (χ2n) is 5.89. The number of fused-ring (bicyclic) bond motifs is 1. The highest BCUT2D eigenvalue weighted by Crippen LogP contribution is 2.22. The van der Waals surface area contributed by atoms with Crippen molar-refractivity contribution in [1.82, 2.24) is 19.8 Å². The van der Waals surface area contributed by atoms with Crippen LogP contribution in [0.3, 0.4) is 0 Å². The first-order valence-electron chi connectivity index (χ1n) is 8.03. The summed E-state index contributed by atoms with van der Waals surface area (Å²) in [5, 5.41) is 16.3. The molecule has 4 rings (SSSR count). The van der Waals surface area contributed by atoms with Crippen molar-refractivity contribution in [2.45, 2.75) is 19.1 Å². The van der Waals surface area contributed by atoms with E-state index in [1.54, 1.807) is 4.52 Å². The van der Waals surface area contributed by atoms with Crippen LogP contribution in [0.15, 0.2) is 42.5 Å². The van der Waals surface area contributed by atoms with Gasteiger partial charge >= 0.3 is 0 Å². The molecule has 1 aromatic carbocycles. The minimum atomic E-state index is -0.497. The van der Waals surface area contributed by atoms with E-state index in [1.807, 2.05) is 49.4 Å². The maximum atomic E-state index is 5.61. The molecule has 0 amide bonds. The molecule has 0 unspecified atom stereocenters. The highest BCUT2D eigenvalue weighted by molar-refractivity contribution is 5.59. The predicted molar refractivity (Wildman–Crippen MR) is 89.6 cm³/mol. The number of ether oxygens (including phenoxy) is 2. The van der Waals surface area contributed by atoms with Crippen LogP contribution in [-0.4, -0.2) is 45.4 Å². The monoisotopic (exact) mass is 325 g/mol. The maximum absolute atomic E-state index is 5.61. The van der Waals surface area contributed by atoms with Crippen LogP contribution in [0.25, 0.3) is 17.0 Å². The van der Waals surface area contributed by atoms with Gasteiger partial charge in [-0.3, -0.25) is 0 Å². The van der Waals surface area contributed by atoms with E-state index < -0.39 is 5.79 Å². The lowest BCUT2D eigenvalue weighted by molar-refractivity contribution is -0.144. The lowest BCUT2D eigenvalue weighted by atomic mass is 10.2. The second-order valence-corrected chi connectivity index (χ2v) is 5.89. The summed E-state index contributed by atoms with van der Waals surface area (Å²) in [5.74, 6) is 0.993. The number of aromatic nitrogens is 4. The summed E-state index contributed by atoms with van der Waals surface area (Å²) in [7, 11) is 0. The fraction of sp³-hybridized carbons (Fsp3) is 0.353. The van der Waals surface area contributed by atoms with Crippen molar-refractivity contribution >= 4 is 11.5 Å². The number of nitrogens with one attached hydrogen (secondary N) is 1. The van der Waals surface area contributed by atoms with Crippen molar-refractivity contribution < 1.29 is 9.47 Å². The molecular formula is C17H19N5O2. The molecule has 124 valence electrons. The Hall–Kier alpha value is -2.51. The molecule has 1 aliphatic heterocycles. The van der Waals surface area contributed by atoms with Gasteiger partial charge in [0.2, 0.25) is 0 Å². The summed E-state index contributed by atoms with van der Waals surface area (Å²) in [4.78, 5) is 0. The van der Waals surface area contributed by atoms with Crippen molar-refractivity contribution in [2.24, 2.45) is 0 Å². The number of nitrogens with zero attached hydrogens (tertiary/aromatic N) is 4. The molecule has 24 heavy (non-hydrogen) atoms. The van der Waals surface area contributed by atoms with Crippen LogP contribution in [0.2, 0.25) is 0 Å². The Balaban J connectivity index is 1.52. The zero-order chi connectivity index (χ0) is 16.4. The summed E-state index contributed by atoms with van der Waals surface area (Å²) < 4.78 is 13.0. The third-order valence-electron chi connectivity index (χ3n) is 4.08.